The molecule has 0 unspecified atom stereocenters. The number of nitrogens with zero attached hydrogens (tertiary/aromatic N) is 3. The minimum absolute atomic E-state index is 0.109. The molecular formula is C16H10N4OS3. The Hall–Kier alpha value is -2.29. The van der Waals surface area contributed by atoms with Gasteiger partial charge in [-0.3, -0.25) is 9.20 Å². The predicted molar refractivity (Wildman–Crippen MR) is 101 cm³/mol. The van der Waals surface area contributed by atoms with Crippen LogP contribution in [0.25, 0.3) is 25.5 Å². The first kappa shape index (κ1) is 14.1. The van der Waals surface area contributed by atoms with Crippen LogP contribution in [0, 0.1) is 6.92 Å². The van der Waals surface area contributed by atoms with E-state index in [0.29, 0.717) is 4.88 Å². The van der Waals surface area contributed by atoms with E-state index in [1.54, 1.807) is 22.7 Å². The van der Waals surface area contributed by atoms with Crippen LogP contribution in [0.1, 0.15) is 14.7 Å². The number of hydrogen-bond acceptors (Lipinski definition) is 6. The Kier molecular flexibility index (Phi) is 2.99. The van der Waals surface area contributed by atoms with Crippen molar-refractivity contribution in [3.8, 4) is 0 Å². The second-order valence-corrected chi connectivity index (χ2v) is 8.48. The minimum atomic E-state index is -0.109. The molecule has 8 heteroatoms. The van der Waals surface area contributed by atoms with Gasteiger partial charge in [0.15, 0.2) is 4.96 Å². The Morgan fingerprint density at radius 3 is 3.04 bits per heavy atom. The fraction of sp³-hybridized carbons (Fsp3) is 0.0625. The lowest BCUT2D eigenvalue weighted by molar-refractivity contribution is 0.103. The molecule has 0 aliphatic heterocycles. The summed E-state index contributed by atoms with van der Waals surface area (Å²) in [4.78, 5) is 24.0. The van der Waals surface area contributed by atoms with Gasteiger partial charge in [0.25, 0.3) is 5.91 Å². The van der Waals surface area contributed by atoms with Crippen LogP contribution in [-0.4, -0.2) is 20.3 Å². The Balaban J connectivity index is 1.48. The largest absolute Gasteiger partial charge is 0.321 e. The quantitative estimate of drug-likeness (QED) is 0.486. The van der Waals surface area contributed by atoms with E-state index < -0.39 is 0 Å². The molecule has 1 aromatic carbocycles. The summed E-state index contributed by atoms with van der Waals surface area (Å²) in [7, 11) is 0. The van der Waals surface area contributed by atoms with Gasteiger partial charge in [-0.2, -0.15) is 0 Å². The van der Waals surface area contributed by atoms with Gasteiger partial charge in [-0.15, -0.1) is 34.0 Å². The van der Waals surface area contributed by atoms with Gasteiger partial charge >= 0.3 is 0 Å². The summed E-state index contributed by atoms with van der Waals surface area (Å²) >= 11 is 4.63. The highest BCUT2D eigenvalue weighted by Gasteiger charge is 2.15. The van der Waals surface area contributed by atoms with Crippen LogP contribution in [0.4, 0.5) is 5.69 Å². The summed E-state index contributed by atoms with van der Waals surface area (Å²) in [5.41, 5.74) is 2.73. The lowest BCUT2D eigenvalue weighted by Gasteiger charge is -2.03. The van der Waals surface area contributed by atoms with E-state index in [0.717, 1.165) is 36.2 Å². The van der Waals surface area contributed by atoms with Gasteiger partial charge in [-0.1, -0.05) is 0 Å². The summed E-state index contributed by atoms with van der Waals surface area (Å²) in [5, 5.41) is 5.98. The molecule has 1 N–H and O–H groups in total. The summed E-state index contributed by atoms with van der Waals surface area (Å²) in [6, 6.07) is 7.69. The Bertz CT molecular complexity index is 1230. The molecule has 0 fully saturated rings. The minimum Gasteiger partial charge on any atom is -0.321 e. The van der Waals surface area contributed by atoms with Crippen molar-refractivity contribution in [2.75, 3.05) is 5.32 Å². The number of nitrogens with one attached hydrogen (secondary N) is 1. The summed E-state index contributed by atoms with van der Waals surface area (Å²) in [6.07, 6.45) is 1.98. The Morgan fingerprint density at radius 1 is 1.21 bits per heavy atom. The SMILES string of the molecule is Cc1nc2ccc(NC(=O)c3cc4c(nc5sccn54)s3)cc2s1. The lowest BCUT2D eigenvalue weighted by atomic mass is 10.3. The zero-order chi connectivity index (χ0) is 16.3. The molecule has 24 heavy (non-hydrogen) atoms. The monoisotopic (exact) mass is 370 g/mol. The predicted octanol–water partition coefficient (Wildman–Crippen LogP) is 4.78. The second kappa shape index (κ2) is 5.10. The fourth-order valence-electron chi connectivity index (χ4n) is 2.67. The first-order valence-electron chi connectivity index (χ1n) is 7.21. The highest BCUT2D eigenvalue weighted by molar-refractivity contribution is 7.21. The molecule has 5 aromatic rings. The number of carbonyl (C=O) groups excluding carboxylic acids is 1. The van der Waals surface area contributed by atoms with Crippen LogP contribution in [-0.2, 0) is 0 Å². The molecule has 4 heterocycles. The lowest BCUT2D eigenvalue weighted by Crippen LogP contribution is -2.09. The number of hydrogen-bond donors (Lipinski definition) is 1. The van der Waals surface area contributed by atoms with Crippen LogP contribution in [0.5, 0.6) is 0 Å². The molecule has 0 aliphatic rings. The average Bonchev–Trinajstić information content (AvgIpc) is 3.25. The number of aryl methyl sites for hydroxylation is 1. The van der Waals surface area contributed by atoms with E-state index in [1.165, 1.54) is 11.3 Å². The van der Waals surface area contributed by atoms with Gasteiger partial charge in [-0.25, -0.2) is 9.97 Å². The average molecular weight is 370 g/mol. The van der Waals surface area contributed by atoms with E-state index in [-0.39, 0.29) is 5.91 Å². The molecule has 118 valence electrons. The van der Waals surface area contributed by atoms with Crippen LogP contribution in [0.3, 0.4) is 0 Å². The van der Waals surface area contributed by atoms with E-state index >= 15 is 0 Å². The van der Waals surface area contributed by atoms with E-state index in [1.807, 2.05) is 47.2 Å². The standard InChI is InChI=1S/C16H10N4OS3/c1-8-17-10-3-2-9(6-12(10)23-8)18-14(21)13-7-11-15(24-13)19-16-20(11)4-5-22-16/h2-7H,1H3,(H,18,21). The Morgan fingerprint density at radius 2 is 2.12 bits per heavy atom. The maximum absolute atomic E-state index is 12.5. The molecule has 0 saturated carbocycles. The van der Waals surface area contributed by atoms with Crippen molar-refractivity contribution in [2.24, 2.45) is 0 Å². The first-order chi connectivity index (χ1) is 11.7. The zero-order valence-corrected chi connectivity index (χ0v) is 14.9. The van der Waals surface area contributed by atoms with Crippen LogP contribution < -0.4 is 5.32 Å². The molecule has 0 atom stereocenters. The number of thiazole rings is 2. The number of carbonyl (C=O) groups is 1. The molecule has 0 spiro atoms. The number of anilines is 1. The van der Waals surface area contributed by atoms with Crippen LogP contribution in [0.2, 0.25) is 0 Å². The molecule has 0 radical (unpaired) electrons. The number of fused-ring (bicyclic) bond motifs is 4. The fourth-order valence-corrected chi connectivity index (χ4v) is 5.23. The van der Waals surface area contributed by atoms with Gasteiger partial charge in [-0.05, 0) is 31.2 Å². The number of imidazole rings is 1. The van der Waals surface area contributed by atoms with Gasteiger partial charge in [0.2, 0.25) is 0 Å². The van der Waals surface area contributed by atoms with Crippen molar-refractivity contribution in [1.82, 2.24) is 14.4 Å². The number of amides is 1. The molecule has 0 bridgehead atoms. The van der Waals surface area contributed by atoms with Crippen molar-refractivity contribution in [1.29, 1.82) is 0 Å². The van der Waals surface area contributed by atoms with Gasteiger partial charge in [0, 0.05) is 17.3 Å². The maximum atomic E-state index is 12.5. The van der Waals surface area contributed by atoms with E-state index in [9.17, 15) is 4.79 Å². The van der Waals surface area contributed by atoms with Gasteiger partial charge in [0.05, 0.1) is 25.6 Å². The van der Waals surface area contributed by atoms with Crippen molar-refractivity contribution >= 4 is 71.1 Å². The second-order valence-electron chi connectivity index (χ2n) is 5.34. The molecule has 0 saturated heterocycles. The summed E-state index contributed by atoms with van der Waals surface area (Å²) in [6.45, 7) is 1.98. The summed E-state index contributed by atoms with van der Waals surface area (Å²) < 4.78 is 3.09. The van der Waals surface area contributed by atoms with Crippen molar-refractivity contribution in [3.63, 3.8) is 0 Å². The van der Waals surface area contributed by atoms with Gasteiger partial charge in [0.1, 0.15) is 4.83 Å². The number of aromatic nitrogens is 3. The van der Waals surface area contributed by atoms with Crippen molar-refractivity contribution in [2.45, 2.75) is 6.92 Å². The molecule has 5 rings (SSSR count). The van der Waals surface area contributed by atoms with Crippen molar-refractivity contribution in [3.05, 3.63) is 45.7 Å². The third-order valence-electron chi connectivity index (χ3n) is 3.72. The smallest absolute Gasteiger partial charge is 0.265 e. The maximum Gasteiger partial charge on any atom is 0.265 e. The molecular weight excluding hydrogens is 360 g/mol. The molecule has 0 aliphatic carbocycles. The number of benzene rings is 1. The third kappa shape index (κ3) is 2.15. The first-order valence-corrected chi connectivity index (χ1v) is 9.72. The Labute approximate surface area is 148 Å². The number of thiophene rings is 1. The van der Waals surface area contributed by atoms with Crippen LogP contribution in [0.15, 0.2) is 35.8 Å². The molecule has 1 amide bonds. The molecule has 4 aromatic heterocycles. The van der Waals surface area contributed by atoms with Gasteiger partial charge < -0.3 is 5.32 Å². The zero-order valence-electron chi connectivity index (χ0n) is 12.4. The van der Waals surface area contributed by atoms with Crippen molar-refractivity contribution < 1.29 is 4.79 Å². The topological polar surface area (TPSA) is 59.3 Å². The number of rotatable bonds is 2. The van der Waals surface area contributed by atoms with Crippen LogP contribution >= 0.6 is 34.0 Å². The summed E-state index contributed by atoms with van der Waals surface area (Å²) in [5.74, 6) is -0.109. The normalized spacial score (nSPS) is 11.7. The highest BCUT2D eigenvalue weighted by Crippen LogP contribution is 2.29. The molecule has 5 nitrogen and oxygen atoms in total. The third-order valence-corrected chi connectivity index (χ3v) is 6.42. The highest BCUT2D eigenvalue weighted by atomic mass is 32.1. The van der Waals surface area contributed by atoms with E-state index in [2.05, 4.69) is 15.3 Å². The van der Waals surface area contributed by atoms with E-state index in [4.69, 9.17) is 0 Å².